The van der Waals surface area contributed by atoms with Gasteiger partial charge in [-0.15, -0.1) is 0 Å². The molecule has 1 heterocycles. The summed E-state index contributed by atoms with van der Waals surface area (Å²) in [5.74, 6) is 0. The first kappa shape index (κ1) is 18.1. The monoisotopic (exact) mass is 352 g/mol. The molecule has 0 aliphatic carbocycles. The van der Waals surface area contributed by atoms with E-state index in [-0.39, 0.29) is 5.69 Å². The predicted octanol–water partition coefficient (Wildman–Crippen LogP) is 2.23. The third-order valence-corrected chi connectivity index (χ3v) is 5.09. The van der Waals surface area contributed by atoms with Crippen LogP contribution in [-0.2, 0) is 10.0 Å². The standard InChI is InChI=1S/C15H20N4O4S/c1-3-18(24(2,22)23)10-4-8-17-14-5-6-15(19(20)21)13-11-16-9-7-12(13)14/h5-7,9,11,17H,3-4,8,10H2,1-2H3. The number of rotatable bonds is 8. The largest absolute Gasteiger partial charge is 0.384 e. The van der Waals surface area contributed by atoms with Crippen molar-refractivity contribution in [2.45, 2.75) is 13.3 Å². The molecule has 1 N–H and O–H groups in total. The summed E-state index contributed by atoms with van der Waals surface area (Å²) in [7, 11) is -3.19. The van der Waals surface area contributed by atoms with Crippen molar-refractivity contribution in [1.82, 2.24) is 9.29 Å². The molecule has 8 nitrogen and oxygen atoms in total. The lowest BCUT2D eigenvalue weighted by Crippen LogP contribution is -2.31. The lowest BCUT2D eigenvalue weighted by Gasteiger charge is -2.18. The summed E-state index contributed by atoms with van der Waals surface area (Å²) in [6, 6.07) is 4.83. The summed E-state index contributed by atoms with van der Waals surface area (Å²) >= 11 is 0. The van der Waals surface area contributed by atoms with Crippen molar-refractivity contribution >= 4 is 32.2 Å². The van der Waals surface area contributed by atoms with Gasteiger partial charge in [-0.2, -0.15) is 0 Å². The van der Waals surface area contributed by atoms with Crippen molar-refractivity contribution in [1.29, 1.82) is 0 Å². The summed E-state index contributed by atoms with van der Waals surface area (Å²) in [6.45, 7) is 3.21. The van der Waals surface area contributed by atoms with E-state index in [2.05, 4.69) is 10.3 Å². The average Bonchev–Trinajstić information content (AvgIpc) is 2.53. The van der Waals surface area contributed by atoms with E-state index in [9.17, 15) is 18.5 Å². The van der Waals surface area contributed by atoms with Gasteiger partial charge in [-0.3, -0.25) is 15.1 Å². The minimum atomic E-state index is -3.19. The zero-order valence-electron chi connectivity index (χ0n) is 13.6. The topological polar surface area (TPSA) is 105 Å². The average molecular weight is 352 g/mol. The first-order valence-electron chi connectivity index (χ1n) is 7.54. The van der Waals surface area contributed by atoms with Crippen LogP contribution in [0.1, 0.15) is 13.3 Å². The van der Waals surface area contributed by atoms with Gasteiger partial charge in [0.15, 0.2) is 0 Å². The molecule has 2 aromatic rings. The molecule has 0 bridgehead atoms. The van der Waals surface area contributed by atoms with Gasteiger partial charge < -0.3 is 5.32 Å². The second-order valence-corrected chi connectivity index (χ2v) is 7.33. The summed E-state index contributed by atoms with van der Waals surface area (Å²) in [6.07, 6.45) is 4.88. The molecule has 0 amide bonds. The molecule has 2 rings (SSSR count). The van der Waals surface area contributed by atoms with Crippen molar-refractivity contribution in [2.75, 3.05) is 31.2 Å². The van der Waals surface area contributed by atoms with E-state index in [1.807, 2.05) is 0 Å². The number of nitrogens with zero attached hydrogens (tertiary/aromatic N) is 3. The minimum Gasteiger partial charge on any atom is -0.384 e. The third-order valence-electron chi connectivity index (χ3n) is 3.71. The fourth-order valence-corrected chi connectivity index (χ4v) is 3.46. The Morgan fingerprint density at radius 3 is 2.67 bits per heavy atom. The van der Waals surface area contributed by atoms with E-state index in [4.69, 9.17) is 0 Å². The summed E-state index contributed by atoms with van der Waals surface area (Å²) in [5, 5.41) is 15.5. The number of benzene rings is 1. The number of aromatic nitrogens is 1. The second-order valence-electron chi connectivity index (χ2n) is 5.35. The Morgan fingerprint density at radius 2 is 2.04 bits per heavy atom. The van der Waals surface area contributed by atoms with Crippen LogP contribution in [0.15, 0.2) is 30.6 Å². The number of anilines is 1. The number of hydrogen-bond donors (Lipinski definition) is 1. The molecular formula is C15H20N4O4S. The molecule has 0 aliphatic heterocycles. The predicted molar refractivity (Wildman–Crippen MR) is 93.6 cm³/mol. The molecule has 0 unspecified atom stereocenters. The molecule has 0 saturated carbocycles. The first-order chi connectivity index (χ1) is 11.3. The van der Waals surface area contributed by atoms with E-state index in [0.717, 1.165) is 11.1 Å². The minimum absolute atomic E-state index is 0.0119. The first-order valence-corrected chi connectivity index (χ1v) is 9.39. The second kappa shape index (κ2) is 7.54. The maximum absolute atomic E-state index is 11.5. The molecule has 130 valence electrons. The van der Waals surface area contributed by atoms with Crippen LogP contribution in [0.25, 0.3) is 10.8 Å². The van der Waals surface area contributed by atoms with Gasteiger partial charge in [0.25, 0.3) is 5.69 Å². The molecule has 9 heteroatoms. The van der Waals surface area contributed by atoms with Crippen molar-refractivity contribution in [3.8, 4) is 0 Å². The van der Waals surface area contributed by atoms with Crippen molar-refractivity contribution in [3.63, 3.8) is 0 Å². The van der Waals surface area contributed by atoms with E-state index in [1.54, 1.807) is 25.3 Å². The van der Waals surface area contributed by atoms with Gasteiger partial charge in [0, 0.05) is 49.2 Å². The Bertz CT molecular complexity index is 838. The highest BCUT2D eigenvalue weighted by molar-refractivity contribution is 7.88. The van der Waals surface area contributed by atoms with E-state index >= 15 is 0 Å². The molecule has 0 atom stereocenters. The van der Waals surface area contributed by atoms with E-state index < -0.39 is 14.9 Å². The molecule has 0 saturated heterocycles. The summed E-state index contributed by atoms with van der Waals surface area (Å²) in [5.41, 5.74) is 0.776. The van der Waals surface area contributed by atoms with E-state index in [1.165, 1.54) is 22.8 Å². The van der Waals surface area contributed by atoms with Gasteiger partial charge >= 0.3 is 0 Å². The molecule has 0 fully saturated rings. The zero-order chi connectivity index (χ0) is 17.7. The zero-order valence-corrected chi connectivity index (χ0v) is 14.4. The normalized spacial score (nSPS) is 11.8. The van der Waals surface area contributed by atoms with Crippen LogP contribution in [0.2, 0.25) is 0 Å². The molecule has 0 spiro atoms. The van der Waals surface area contributed by atoms with Crippen LogP contribution in [0, 0.1) is 10.1 Å². The van der Waals surface area contributed by atoms with Crippen LogP contribution in [-0.4, -0.2) is 48.5 Å². The van der Waals surface area contributed by atoms with Crippen molar-refractivity contribution in [2.24, 2.45) is 0 Å². The quantitative estimate of drug-likeness (QED) is 0.444. The Morgan fingerprint density at radius 1 is 1.29 bits per heavy atom. The molecule has 0 radical (unpaired) electrons. The lowest BCUT2D eigenvalue weighted by molar-refractivity contribution is -0.383. The fraction of sp³-hybridized carbons (Fsp3) is 0.400. The van der Waals surface area contributed by atoms with Crippen LogP contribution in [0.5, 0.6) is 0 Å². The van der Waals surface area contributed by atoms with Crippen molar-refractivity contribution in [3.05, 3.63) is 40.7 Å². The number of sulfonamides is 1. The number of nitrogens with one attached hydrogen (secondary N) is 1. The maximum Gasteiger partial charge on any atom is 0.278 e. The van der Waals surface area contributed by atoms with Gasteiger partial charge in [0.1, 0.15) is 0 Å². The number of nitro groups is 1. The molecule has 1 aromatic heterocycles. The highest BCUT2D eigenvalue weighted by atomic mass is 32.2. The smallest absolute Gasteiger partial charge is 0.278 e. The molecule has 24 heavy (non-hydrogen) atoms. The maximum atomic E-state index is 11.5. The Balaban J connectivity index is 2.09. The molecular weight excluding hydrogens is 332 g/mol. The Kier molecular flexibility index (Phi) is 5.68. The number of fused-ring (bicyclic) bond motifs is 1. The van der Waals surface area contributed by atoms with Crippen LogP contribution < -0.4 is 5.32 Å². The number of hydrogen-bond acceptors (Lipinski definition) is 6. The van der Waals surface area contributed by atoms with Gasteiger partial charge in [-0.1, -0.05) is 6.92 Å². The Labute approximate surface area is 140 Å². The van der Waals surface area contributed by atoms with Gasteiger partial charge in [0.2, 0.25) is 10.0 Å². The number of nitro benzene ring substituents is 1. The van der Waals surface area contributed by atoms with Gasteiger partial charge in [-0.25, -0.2) is 12.7 Å². The highest BCUT2D eigenvalue weighted by Gasteiger charge is 2.15. The third kappa shape index (κ3) is 4.18. The van der Waals surface area contributed by atoms with Gasteiger partial charge in [0.05, 0.1) is 16.6 Å². The summed E-state index contributed by atoms with van der Waals surface area (Å²) in [4.78, 5) is 14.6. The molecule has 0 aliphatic rings. The molecule has 1 aromatic carbocycles. The van der Waals surface area contributed by atoms with Gasteiger partial charge in [-0.05, 0) is 18.6 Å². The Hall–Kier alpha value is -2.26. The lowest BCUT2D eigenvalue weighted by atomic mass is 10.1. The fourth-order valence-electron chi connectivity index (χ4n) is 2.53. The number of non-ortho nitro benzene ring substituents is 1. The van der Waals surface area contributed by atoms with E-state index in [0.29, 0.717) is 31.4 Å². The van der Waals surface area contributed by atoms with Crippen LogP contribution in [0.4, 0.5) is 11.4 Å². The van der Waals surface area contributed by atoms with Crippen LogP contribution >= 0.6 is 0 Å². The SMILES string of the molecule is CCN(CCCNc1ccc([N+](=O)[O-])c2cnccc12)S(C)(=O)=O. The van der Waals surface area contributed by atoms with Crippen LogP contribution in [0.3, 0.4) is 0 Å². The highest BCUT2D eigenvalue weighted by Crippen LogP contribution is 2.30. The van der Waals surface area contributed by atoms with Crippen molar-refractivity contribution < 1.29 is 13.3 Å². The number of pyridine rings is 1. The summed E-state index contributed by atoms with van der Waals surface area (Å²) < 4.78 is 24.5.